The molecular weight excluding hydrogens is 696 g/mol. The first kappa shape index (κ1) is 37.4. The van der Waals surface area contributed by atoms with E-state index in [4.69, 9.17) is 23.4 Å². The van der Waals surface area contributed by atoms with E-state index in [0.717, 1.165) is 0 Å². The number of aliphatic hydroxyl groups excluding tert-OH is 2. The lowest BCUT2D eigenvalue weighted by Gasteiger charge is -2.49. The second kappa shape index (κ2) is 12.5. The van der Waals surface area contributed by atoms with Crippen LogP contribution in [0, 0.1) is 6.92 Å². The Bertz CT molecular complexity index is 2160. The predicted molar refractivity (Wildman–Crippen MR) is 196 cm³/mol. The van der Waals surface area contributed by atoms with Crippen molar-refractivity contribution in [3.63, 3.8) is 0 Å². The number of epoxide rings is 2. The Morgan fingerprint density at radius 2 is 1.48 bits per heavy atom. The van der Waals surface area contributed by atoms with Crippen LogP contribution in [0.2, 0.25) is 0 Å². The maximum atomic E-state index is 15.1. The number of aryl methyl sites for hydroxylation is 1. The molecule has 0 amide bonds. The molecule has 1 aliphatic carbocycles. The summed E-state index contributed by atoms with van der Waals surface area (Å²) in [5.41, 5.74) is -1.39. The molecule has 13 nitrogen and oxygen atoms in total. The lowest BCUT2D eigenvalue weighted by Crippen LogP contribution is -2.59. The van der Waals surface area contributed by atoms with Crippen LogP contribution < -0.4 is 5.43 Å². The Labute approximate surface area is 313 Å². The van der Waals surface area contributed by atoms with Crippen molar-refractivity contribution in [1.29, 1.82) is 0 Å². The van der Waals surface area contributed by atoms with E-state index in [1.165, 1.54) is 12.1 Å². The first-order valence-electron chi connectivity index (χ1n) is 18.7. The lowest BCUT2D eigenvalue weighted by molar-refractivity contribution is -0.176. The van der Waals surface area contributed by atoms with E-state index in [2.05, 4.69) is 0 Å². The largest absolute Gasteiger partial charge is 0.507 e. The number of ether oxygens (including phenoxy) is 4. The molecule has 3 aromatic rings. The summed E-state index contributed by atoms with van der Waals surface area (Å²) in [6, 6.07) is 4.26. The number of benzene rings is 2. The molecule has 0 radical (unpaired) electrons. The molecule has 13 heteroatoms. The minimum atomic E-state index is -0.970. The van der Waals surface area contributed by atoms with Crippen molar-refractivity contribution < 1.29 is 48.3 Å². The molecule has 290 valence electrons. The van der Waals surface area contributed by atoms with Crippen LogP contribution >= 0.6 is 0 Å². The Hall–Kier alpha value is -3.53. The average molecular weight is 747 g/mol. The van der Waals surface area contributed by atoms with Crippen LogP contribution in [0.25, 0.3) is 11.0 Å². The molecular formula is C41H50N2O11. The summed E-state index contributed by atoms with van der Waals surface area (Å²) in [6.07, 6.45) is -4.44. The first-order chi connectivity index (χ1) is 25.3. The van der Waals surface area contributed by atoms with Gasteiger partial charge in [-0.1, -0.05) is 0 Å². The van der Waals surface area contributed by atoms with Gasteiger partial charge in [0.1, 0.15) is 29.3 Å². The second-order valence-corrected chi connectivity index (χ2v) is 16.9. The number of hydrogen-bond donors (Lipinski definition) is 3. The third-order valence-corrected chi connectivity index (χ3v) is 13.0. The van der Waals surface area contributed by atoms with E-state index in [1.807, 2.05) is 51.8 Å². The molecule has 5 aliphatic rings. The molecule has 2 aromatic carbocycles. The summed E-state index contributed by atoms with van der Waals surface area (Å²) in [4.78, 5) is 47.7. The zero-order valence-corrected chi connectivity index (χ0v) is 32.4. The van der Waals surface area contributed by atoms with Crippen LogP contribution in [0.4, 0.5) is 0 Å². The van der Waals surface area contributed by atoms with Crippen molar-refractivity contribution in [3.05, 3.63) is 73.1 Å². The summed E-state index contributed by atoms with van der Waals surface area (Å²) < 4.78 is 30.9. The van der Waals surface area contributed by atoms with Gasteiger partial charge in [-0.2, -0.15) is 0 Å². The lowest BCUT2D eigenvalue weighted by atomic mass is 9.74. The second-order valence-electron chi connectivity index (χ2n) is 16.9. The normalized spacial score (nSPS) is 37.5. The summed E-state index contributed by atoms with van der Waals surface area (Å²) in [5, 5.41) is 34.7. The van der Waals surface area contributed by atoms with Crippen LogP contribution in [0.5, 0.6) is 5.75 Å². The van der Waals surface area contributed by atoms with Crippen molar-refractivity contribution >= 4 is 22.5 Å². The topological polar surface area (TPSA) is 175 Å². The highest BCUT2D eigenvalue weighted by Crippen LogP contribution is 2.54. The number of aliphatic hydroxyl groups is 2. The van der Waals surface area contributed by atoms with Gasteiger partial charge in [0, 0.05) is 34.3 Å². The number of phenolic OH excluding ortho intramolecular Hbond substituents is 1. The van der Waals surface area contributed by atoms with Crippen LogP contribution in [0.3, 0.4) is 0 Å². The minimum Gasteiger partial charge on any atom is -0.507 e. The quantitative estimate of drug-likeness (QED) is 0.244. The Morgan fingerprint density at radius 1 is 0.815 bits per heavy atom. The van der Waals surface area contributed by atoms with Crippen LogP contribution in [0.1, 0.15) is 114 Å². The highest BCUT2D eigenvalue weighted by Gasteiger charge is 2.66. The number of phenols is 1. The van der Waals surface area contributed by atoms with Gasteiger partial charge in [-0.05, 0) is 106 Å². The Kier molecular flexibility index (Phi) is 8.65. The number of nitrogens with zero attached hydrogens (tertiary/aromatic N) is 2. The summed E-state index contributed by atoms with van der Waals surface area (Å²) >= 11 is 0. The number of carbonyl (C=O) groups excluding carboxylic acids is 2. The van der Waals surface area contributed by atoms with E-state index < -0.39 is 65.1 Å². The van der Waals surface area contributed by atoms with E-state index in [1.54, 1.807) is 33.8 Å². The van der Waals surface area contributed by atoms with Gasteiger partial charge in [0.15, 0.2) is 16.8 Å². The Balaban J connectivity index is 1.34. The summed E-state index contributed by atoms with van der Waals surface area (Å²) in [7, 11) is 7.45. The number of fused-ring (bicyclic) bond motifs is 4. The highest BCUT2D eigenvalue weighted by atomic mass is 16.7. The van der Waals surface area contributed by atoms with E-state index in [-0.39, 0.29) is 87.2 Å². The summed E-state index contributed by atoms with van der Waals surface area (Å²) in [6.45, 7) is 10.9. The third-order valence-electron chi connectivity index (χ3n) is 13.0. The van der Waals surface area contributed by atoms with Crippen LogP contribution in [-0.2, 0) is 24.5 Å². The molecule has 0 saturated carbocycles. The SMILES string of the molecule is Cc1cc2c(c3oc(C4(C)OC4C4OC4C)cc(=O)c13)C(=O)c1c(O)c(C3CC(C)(N(C)C)C(O)C(C)O3)cc(C3CC(N(C)C)C(O)C(C)O3)c1C2=O. The van der Waals surface area contributed by atoms with Crippen molar-refractivity contribution in [3.8, 4) is 5.75 Å². The zero-order chi connectivity index (χ0) is 39.1. The maximum absolute atomic E-state index is 15.1. The van der Waals surface area contributed by atoms with E-state index in [0.29, 0.717) is 11.1 Å². The summed E-state index contributed by atoms with van der Waals surface area (Å²) in [5.74, 6) is -1.42. The average Bonchev–Trinajstić information content (AvgIpc) is 4.01. The van der Waals surface area contributed by atoms with Gasteiger partial charge in [-0.3, -0.25) is 14.4 Å². The molecule has 3 N–H and O–H groups in total. The highest BCUT2D eigenvalue weighted by molar-refractivity contribution is 6.33. The fourth-order valence-electron chi connectivity index (χ4n) is 9.24. The van der Waals surface area contributed by atoms with Gasteiger partial charge in [0.05, 0.1) is 59.2 Å². The van der Waals surface area contributed by atoms with E-state index in [9.17, 15) is 24.9 Å². The number of hydrogen-bond acceptors (Lipinski definition) is 13. The number of carbonyl (C=O) groups is 2. The van der Waals surface area contributed by atoms with Gasteiger partial charge in [-0.15, -0.1) is 0 Å². The molecule has 0 bridgehead atoms. The fraction of sp³-hybridized carbons (Fsp3) is 0.585. The van der Waals surface area contributed by atoms with Gasteiger partial charge in [-0.25, -0.2) is 0 Å². The minimum absolute atomic E-state index is 0.00321. The molecule has 4 aliphatic heterocycles. The van der Waals surface area contributed by atoms with Crippen molar-refractivity contribution in [2.75, 3.05) is 28.2 Å². The molecule has 1 aromatic heterocycles. The molecule has 12 atom stereocenters. The molecule has 12 unspecified atom stereocenters. The molecule has 0 spiro atoms. The van der Waals surface area contributed by atoms with E-state index >= 15 is 4.79 Å². The van der Waals surface area contributed by atoms with Gasteiger partial charge < -0.3 is 48.5 Å². The fourth-order valence-corrected chi connectivity index (χ4v) is 9.24. The monoisotopic (exact) mass is 746 g/mol. The third kappa shape index (κ3) is 5.38. The van der Waals surface area contributed by atoms with Crippen molar-refractivity contribution in [1.82, 2.24) is 9.80 Å². The smallest absolute Gasteiger partial charge is 0.202 e. The molecule has 5 heterocycles. The standard InChI is InChI=1S/C41H50N2O11/c1-16-11-22-30(37-28(16)24(44)14-27(53-37)41(6)39(54-41)36-18(3)52-36)35(48)31-29(34(22)47)20(25-13-23(42(7)8)32(45)17(2)50-25)12-21(33(31)46)26-15-40(5,43(9)10)38(49)19(4)51-26/h11-12,14,17-19,23,25-26,32,36,38-39,45-46,49H,13,15H2,1-10H3. The van der Waals surface area contributed by atoms with Crippen LogP contribution in [0.15, 0.2) is 27.4 Å². The Morgan fingerprint density at radius 3 is 2.11 bits per heavy atom. The number of rotatable bonds is 6. The molecule has 4 fully saturated rings. The van der Waals surface area contributed by atoms with Gasteiger partial charge in [0.2, 0.25) is 5.78 Å². The maximum Gasteiger partial charge on any atom is 0.202 e. The molecule has 54 heavy (non-hydrogen) atoms. The van der Waals surface area contributed by atoms with Crippen molar-refractivity contribution in [2.45, 2.75) is 127 Å². The number of ketones is 2. The molecule has 8 rings (SSSR count). The van der Waals surface area contributed by atoms with Gasteiger partial charge in [0.25, 0.3) is 0 Å². The molecule has 4 saturated heterocycles. The number of likely N-dealkylation sites (N-methyl/N-ethyl adjacent to an activating group) is 2. The van der Waals surface area contributed by atoms with Crippen molar-refractivity contribution in [2.24, 2.45) is 0 Å². The number of aromatic hydroxyl groups is 1. The first-order valence-corrected chi connectivity index (χ1v) is 18.7. The predicted octanol–water partition coefficient (Wildman–Crippen LogP) is 3.66. The zero-order valence-electron chi connectivity index (χ0n) is 32.4. The van der Waals surface area contributed by atoms with Crippen LogP contribution in [-0.4, -0.2) is 119 Å². The van der Waals surface area contributed by atoms with Gasteiger partial charge >= 0.3 is 0 Å².